The van der Waals surface area contributed by atoms with Crippen LogP contribution in [0.1, 0.15) is 10.0 Å². The van der Waals surface area contributed by atoms with Gasteiger partial charge in [0.25, 0.3) is 0 Å². The Kier molecular flexibility index (Phi) is 7.30. The highest BCUT2D eigenvalue weighted by Crippen LogP contribution is 2.23. The molecule has 0 unspecified atom stereocenters. The summed E-state index contributed by atoms with van der Waals surface area (Å²) in [4.78, 5) is 28.4. The second-order valence-corrected chi connectivity index (χ2v) is 10.1. The molecule has 2 N–H and O–H groups in total. The normalized spacial score (nSPS) is 10.6. The molecule has 13 heteroatoms. The zero-order valence-corrected chi connectivity index (χ0v) is 18.1. The average molecular weight is 454 g/mol. The van der Waals surface area contributed by atoms with Crippen LogP contribution in [0.5, 0.6) is 0 Å². The van der Waals surface area contributed by atoms with Gasteiger partial charge in [0.15, 0.2) is 8.68 Å². The van der Waals surface area contributed by atoms with E-state index in [9.17, 15) is 9.59 Å². The van der Waals surface area contributed by atoms with Crippen LogP contribution in [0.4, 0.5) is 11.6 Å². The van der Waals surface area contributed by atoms with Crippen molar-refractivity contribution in [2.45, 2.75) is 22.5 Å². The van der Waals surface area contributed by atoms with Gasteiger partial charge in [-0.3, -0.25) is 9.59 Å². The van der Waals surface area contributed by atoms with Gasteiger partial charge in [-0.25, -0.2) is 4.98 Å². The number of anilines is 2. The summed E-state index contributed by atoms with van der Waals surface area (Å²) in [6.07, 6.45) is 0. The van der Waals surface area contributed by atoms with Gasteiger partial charge in [0.1, 0.15) is 21.7 Å². The second-order valence-electron chi connectivity index (χ2n) is 5.26. The molecule has 0 aliphatic carbocycles. The maximum atomic E-state index is 12.1. The van der Waals surface area contributed by atoms with Gasteiger partial charge in [0.05, 0.1) is 11.5 Å². The molecule has 3 rings (SSSR count). The lowest BCUT2D eigenvalue weighted by Crippen LogP contribution is -2.17. The third kappa shape index (κ3) is 6.51. The number of nitrogens with zero attached hydrogens (tertiary/aromatic N) is 5. The highest BCUT2D eigenvalue weighted by Gasteiger charge is 2.10. The van der Waals surface area contributed by atoms with Gasteiger partial charge in [-0.15, -0.1) is 20.4 Å². The Morgan fingerprint density at radius 2 is 1.32 bits per heavy atom. The fraction of sp³-hybridized carbons (Fsp3) is 0.267. The van der Waals surface area contributed by atoms with Gasteiger partial charge in [0.2, 0.25) is 11.8 Å². The molecule has 0 atom stereocenters. The molecule has 0 saturated carbocycles. The van der Waals surface area contributed by atoms with E-state index >= 15 is 0 Å². The lowest BCUT2D eigenvalue weighted by Gasteiger charge is -2.07. The number of carbonyl (C=O) groups is 2. The van der Waals surface area contributed by atoms with Gasteiger partial charge >= 0.3 is 0 Å². The van der Waals surface area contributed by atoms with Crippen LogP contribution in [-0.4, -0.2) is 48.7 Å². The van der Waals surface area contributed by atoms with Crippen molar-refractivity contribution in [1.29, 1.82) is 0 Å². The summed E-state index contributed by atoms with van der Waals surface area (Å²) < 4.78 is 1.48. The quantitative estimate of drug-likeness (QED) is 0.496. The first-order valence-electron chi connectivity index (χ1n) is 7.90. The van der Waals surface area contributed by atoms with Crippen LogP contribution in [0, 0.1) is 13.8 Å². The number of aryl methyl sites for hydroxylation is 2. The minimum Gasteiger partial charge on any atom is -0.310 e. The van der Waals surface area contributed by atoms with E-state index in [2.05, 4.69) is 36.0 Å². The fourth-order valence-electron chi connectivity index (χ4n) is 1.86. The Morgan fingerprint density at radius 3 is 1.71 bits per heavy atom. The van der Waals surface area contributed by atoms with Crippen LogP contribution in [0.25, 0.3) is 0 Å². The monoisotopic (exact) mass is 453 g/mol. The van der Waals surface area contributed by atoms with Gasteiger partial charge in [-0.1, -0.05) is 52.3 Å². The van der Waals surface area contributed by atoms with E-state index in [-0.39, 0.29) is 23.3 Å². The number of aromatic nitrogens is 5. The van der Waals surface area contributed by atoms with Crippen molar-refractivity contribution in [2.24, 2.45) is 0 Å². The molecule has 9 nitrogen and oxygen atoms in total. The average Bonchev–Trinajstić information content (AvgIpc) is 3.26. The van der Waals surface area contributed by atoms with E-state index in [4.69, 9.17) is 0 Å². The standard InChI is InChI=1S/C15H15N7O2S4/c1-8-19-21-14(27-8)25-6-12(23)17-10-4-3-5-11(16-10)18-13(24)7-26-15-22-20-9(2)28-15/h3-5H,6-7H2,1-2H3,(H2,16,17,18,23,24). The number of amides is 2. The predicted octanol–water partition coefficient (Wildman–Crippen LogP) is 2.86. The van der Waals surface area contributed by atoms with Crippen LogP contribution in [-0.2, 0) is 9.59 Å². The molecule has 28 heavy (non-hydrogen) atoms. The number of hydrogen-bond donors (Lipinski definition) is 2. The first kappa shape index (κ1) is 20.6. The molecule has 0 bridgehead atoms. The summed E-state index contributed by atoms with van der Waals surface area (Å²) in [5, 5.41) is 22.9. The van der Waals surface area contributed by atoms with Gasteiger partial charge in [0, 0.05) is 0 Å². The lowest BCUT2D eigenvalue weighted by molar-refractivity contribution is -0.114. The molecule has 0 fully saturated rings. The Balaban J connectivity index is 1.47. The summed E-state index contributed by atoms with van der Waals surface area (Å²) in [6.45, 7) is 3.72. The first-order chi connectivity index (χ1) is 13.5. The summed E-state index contributed by atoms with van der Waals surface area (Å²) in [5.74, 6) is 0.704. The SMILES string of the molecule is Cc1nnc(SCC(=O)Nc2cccc(NC(=O)CSc3nnc(C)s3)n2)s1. The largest absolute Gasteiger partial charge is 0.310 e. The topological polar surface area (TPSA) is 123 Å². The van der Waals surface area contributed by atoms with Crippen molar-refractivity contribution < 1.29 is 9.59 Å². The van der Waals surface area contributed by atoms with Gasteiger partial charge in [-0.05, 0) is 26.0 Å². The molecule has 0 aliphatic heterocycles. The van der Waals surface area contributed by atoms with Crippen LogP contribution in [0.3, 0.4) is 0 Å². The highest BCUT2D eigenvalue weighted by molar-refractivity contribution is 8.01. The Bertz CT molecular complexity index is 901. The minimum atomic E-state index is -0.212. The maximum absolute atomic E-state index is 12.1. The van der Waals surface area contributed by atoms with E-state index in [1.54, 1.807) is 18.2 Å². The number of nitrogens with one attached hydrogen (secondary N) is 2. The Morgan fingerprint density at radius 1 is 0.857 bits per heavy atom. The van der Waals surface area contributed by atoms with E-state index < -0.39 is 0 Å². The zero-order valence-electron chi connectivity index (χ0n) is 14.8. The van der Waals surface area contributed by atoms with Crippen LogP contribution < -0.4 is 10.6 Å². The van der Waals surface area contributed by atoms with Crippen LogP contribution in [0.2, 0.25) is 0 Å². The van der Waals surface area contributed by atoms with E-state index in [1.165, 1.54) is 46.2 Å². The summed E-state index contributed by atoms with van der Waals surface area (Å²) in [6, 6.07) is 5.03. The van der Waals surface area contributed by atoms with Crippen molar-refractivity contribution in [2.75, 3.05) is 22.1 Å². The number of rotatable bonds is 8. The van der Waals surface area contributed by atoms with Gasteiger partial charge < -0.3 is 10.6 Å². The highest BCUT2D eigenvalue weighted by atomic mass is 32.2. The zero-order chi connectivity index (χ0) is 19.9. The summed E-state index contributed by atoms with van der Waals surface area (Å²) in [7, 11) is 0. The molecular formula is C15H15N7O2S4. The molecule has 0 spiro atoms. The molecule has 3 aromatic heterocycles. The Hall–Kier alpha value is -2.09. The molecule has 0 aromatic carbocycles. The molecule has 3 aromatic rings. The molecule has 0 radical (unpaired) electrons. The van der Waals surface area contributed by atoms with E-state index in [1.807, 2.05) is 13.8 Å². The number of thioether (sulfide) groups is 2. The molecule has 0 aliphatic rings. The summed E-state index contributed by atoms with van der Waals surface area (Å²) >= 11 is 5.50. The molecule has 0 saturated heterocycles. The number of pyridine rings is 1. The van der Waals surface area contributed by atoms with Crippen molar-refractivity contribution in [3.63, 3.8) is 0 Å². The van der Waals surface area contributed by atoms with E-state index in [0.29, 0.717) is 11.6 Å². The van der Waals surface area contributed by atoms with Crippen molar-refractivity contribution in [3.05, 3.63) is 28.2 Å². The van der Waals surface area contributed by atoms with Crippen LogP contribution >= 0.6 is 46.2 Å². The number of hydrogen-bond acceptors (Lipinski definition) is 11. The molecule has 146 valence electrons. The van der Waals surface area contributed by atoms with E-state index in [0.717, 1.165) is 18.7 Å². The molecule has 3 heterocycles. The smallest absolute Gasteiger partial charge is 0.235 e. The second kappa shape index (κ2) is 9.91. The lowest BCUT2D eigenvalue weighted by atomic mass is 10.4. The third-order valence-electron chi connectivity index (χ3n) is 2.95. The van der Waals surface area contributed by atoms with Crippen LogP contribution in [0.15, 0.2) is 26.9 Å². The molecule has 2 amide bonds. The van der Waals surface area contributed by atoms with Crippen molar-refractivity contribution in [3.8, 4) is 0 Å². The summed E-state index contributed by atoms with van der Waals surface area (Å²) in [5.41, 5.74) is 0. The molecular weight excluding hydrogens is 438 g/mol. The minimum absolute atomic E-state index is 0.199. The predicted molar refractivity (Wildman–Crippen MR) is 112 cm³/mol. The van der Waals surface area contributed by atoms with Gasteiger partial charge in [-0.2, -0.15) is 0 Å². The van der Waals surface area contributed by atoms with Crippen molar-refractivity contribution >= 4 is 69.6 Å². The Labute approximate surface area is 177 Å². The number of carbonyl (C=O) groups excluding carboxylic acids is 2. The maximum Gasteiger partial charge on any atom is 0.235 e. The van der Waals surface area contributed by atoms with Crippen molar-refractivity contribution in [1.82, 2.24) is 25.4 Å². The third-order valence-corrected chi connectivity index (χ3v) is 6.90. The fourth-order valence-corrected chi connectivity index (χ4v) is 5.09. The first-order valence-corrected chi connectivity index (χ1v) is 11.5.